The van der Waals surface area contributed by atoms with E-state index in [-0.39, 0.29) is 26.2 Å². The van der Waals surface area contributed by atoms with Crippen LogP contribution < -0.4 is 20.7 Å². The number of rotatable bonds is 23. The maximum Gasteiger partial charge on any atom is 0.333 e. The van der Waals surface area contributed by atoms with Crippen molar-refractivity contribution in [2.24, 2.45) is 0 Å². The molecular formula is C41H53N2O11P. The molecule has 3 aromatic carbocycles. The maximum atomic E-state index is 13.1. The molecule has 1 aromatic heterocycles. The lowest BCUT2D eigenvalue weighted by Gasteiger charge is -2.37. The average Bonchev–Trinajstić information content (AvgIpc) is 3.61. The molecule has 13 nitrogen and oxygen atoms in total. The molecule has 0 saturated carbocycles. The zero-order valence-electron chi connectivity index (χ0n) is 31.8. The number of aryl methyl sites for hydroxylation is 1. The summed E-state index contributed by atoms with van der Waals surface area (Å²) in [5, 5.41) is 18.5. The first-order valence-electron chi connectivity index (χ1n) is 18.7. The Bertz CT molecular complexity index is 1780. The fraction of sp³-hybridized carbons (Fsp3) is 0.463. The summed E-state index contributed by atoms with van der Waals surface area (Å²) in [6.07, 6.45) is 3.90. The Kier molecular flexibility index (Phi) is 16.4. The van der Waals surface area contributed by atoms with Crippen LogP contribution in [0.2, 0.25) is 0 Å². The van der Waals surface area contributed by atoms with Crippen molar-refractivity contribution in [3.05, 3.63) is 128 Å². The predicted octanol–water partition coefficient (Wildman–Crippen LogP) is 6.13. The van der Waals surface area contributed by atoms with Gasteiger partial charge < -0.3 is 42.7 Å². The highest BCUT2D eigenvalue weighted by atomic mass is 31.2. The lowest BCUT2D eigenvalue weighted by Crippen LogP contribution is -2.38. The van der Waals surface area contributed by atoms with Crippen LogP contribution in [0.5, 0.6) is 11.5 Å². The van der Waals surface area contributed by atoms with Crippen LogP contribution in [-0.2, 0) is 28.6 Å². The van der Waals surface area contributed by atoms with Crippen LogP contribution in [0.3, 0.4) is 0 Å². The van der Waals surface area contributed by atoms with Gasteiger partial charge in [-0.1, -0.05) is 54.6 Å². The second kappa shape index (κ2) is 21.4. The van der Waals surface area contributed by atoms with Crippen LogP contribution >= 0.6 is 8.60 Å². The predicted molar refractivity (Wildman–Crippen MR) is 208 cm³/mol. The molecule has 3 atom stereocenters. The van der Waals surface area contributed by atoms with Gasteiger partial charge in [-0.15, -0.1) is 0 Å². The van der Waals surface area contributed by atoms with Crippen molar-refractivity contribution in [2.45, 2.75) is 75.9 Å². The molecule has 14 heteroatoms. The number of nitrogens with zero attached hydrogens (tertiary/aromatic N) is 1. The standard InChI is InChI=1S/C41H53N2O11P/c1-30-28-43(40(47)42-39(30)46)38-27-36(54-55(51-25-11-5-9-23-44)52-26-12-6-10-24-45)37(53-38)29-50-41(31-13-7-4-8-14-31,32-15-19-34(48-2)20-16-32)33-17-21-35(49-3)22-18-33/h4,7-8,13-22,28,36-38,44-45H,5-6,9-12,23-27,29H2,1-3H3,(H,42,46,47)/t36-,37+,38+/m0/s1. The molecule has 3 N–H and O–H groups in total. The van der Waals surface area contributed by atoms with Gasteiger partial charge in [0.15, 0.2) is 0 Å². The number of benzene rings is 3. The molecule has 5 rings (SSSR count). The van der Waals surface area contributed by atoms with E-state index in [0.717, 1.165) is 29.5 Å². The summed E-state index contributed by atoms with van der Waals surface area (Å²) in [6, 6.07) is 25.3. The number of aliphatic hydroxyl groups excluding tert-OH is 2. The van der Waals surface area contributed by atoms with Crippen LogP contribution in [0.15, 0.2) is 94.6 Å². The Morgan fingerprint density at radius 1 is 0.782 bits per heavy atom. The minimum Gasteiger partial charge on any atom is -0.497 e. The van der Waals surface area contributed by atoms with Crippen molar-refractivity contribution in [1.29, 1.82) is 0 Å². The Balaban J connectivity index is 1.51. The van der Waals surface area contributed by atoms with Crippen LogP contribution in [-0.4, -0.2) is 79.2 Å². The number of hydrogen-bond acceptors (Lipinski definition) is 11. The number of H-pyrrole nitrogens is 1. The fourth-order valence-corrected chi connectivity index (χ4v) is 7.68. The number of aromatic amines is 1. The van der Waals surface area contributed by atoms with Gasteiger partial charge in [-0.2, -0.15) is 0 Å². The van der Waals surface area contributed by atoms with Crippen molar-refractivity contribution < 1.29 is 42.7 Å². The number of aromatic nitrogens is 2. The highest BCUT2D eigenvalue weighted by molar-refractivity contribution is 7.41. The van der Waals surface area contributed by atoms with Crippen molar-refractivity contribution in [3.63, 3.8) is 0 Å². The summed E-state index contributed by atoms with van der Waals surface area (Å²) >= 11 is 0. The van der Waals surface area contributed by atoms with E-state index in [1.807, 2.05) is 78.9 Å². The molecule has 4 aromatic rings. The zero-order chi connectivity index (χ0) is 39.0. The largest absolute Gasteiger partial charge is 0.497 e. The third kappa shape index (κ3) is 11.1. The van der Waals surface area contributed by atoms with Crippen LogP contribution in [0.25, 0.3) is 0 Å². The summed E-state index contributed by atoms with van der Waals surface area (Å²) in [4.78, 5) is 27.8. The van der Waals surface area contributed by atoms with E-state index >= 15 is 0 Å². The van der Waals surface area contributed by atoms with Gasteiger partial charge in [0.05, 0.1) is 40.1 Å². The summed E-state index contributed by atoms with van der Waals surface area (Å²) < 4.78 is 45.1. The van der Waals surface area contributed by atoms with Gasteiger partial charge in [0.1, 0.15) is 29.4 Å². The van der Waals surface area contributed by atoms with E-state index in [9.17, 15) is 19.8 Å². The van der Waals surface area contributed by atoms with E-state index < -0.39 is 43.9 Å². The number of methoxy groups -OCH3 is 2. The fourth-order valence-electron chi connectivity index (χ4n) is 6.48. The molecule has 0 radical (unpaired) electrons. The molecule has 0 unspecified atom stereocenters. The summed E-state index contributed by atoms with van der Waals surface area (Å²) in [7, 11) is 1.38. The lowest BCUT2D eigenvalue weighted by atomic mass is 9.80. The quantitative estimate of drug-likeness (QED) is 0.0452. The third-order valence-corrected chi connectivity index (χ3v) is 10.7. The molecule has 1 fully saturated rings. The van der Waals surface area contributed by atoms with Gasteiger partial charge in [0.25, 0.3) is 5.56 Å². The van der Waals surface area contributed by atoms with E-state index in [1.165, 1.54) is 10.8 Å². The Morgan fingerprint density at radius 3 is 1.85 bits per heavy atom. The molecule has 1 saturated heterocycles. The van der Waals surface area contributed by atoms with Crippen LogP contribution in [0.4, 0.5) is 0 Å². The number of unbranched alkanes of at least 4 members (excludes halogenated alkanes) is 4. The molecule has 0 amide bonds. The van der Waals surface area contributed by atoms with E-state index in [2.05, 4.69) is 4.98 Å². The second-order valence-corrected chi connectivity index (χ2v) is 14.4. The number of ether oxygens (including phenoxy) is 4. The Labute approximate surface area is 323 Å². The number of nitrogens with one attached hydrogen (secondary N) is 1. The first kappa shape index (κ1) is 42.2. The highest BCUT2D eigenvalue weighted by Crippen LogP contribution is 2.47. The van der Waals surface area contributed by atoms with Crippen molar-refractivity contribution in [2.75, 3.05) is 47.3 Å². The van der Waals surface area contributed by atoms with Gasteiger partial charge in [0.2, 0.25) is 0 Å². The topological polar surface area (TPSA) is 160 Å². The first-order chi connectivity index (χ1) is 26.8. The van der Waals surface area contributed by atoms with E-state index in [1.54, 1.807) is 21.1 Å². The van der Waals surface area contributed by atoms with Gasteiger partial charge in [-0.3, -0.25) is 14.3 Å². The summed E-state index contributed by atoms with van der Waals surface area (Å²) in [5.41, 5.74) is 0.693. The minimum atomic E-state index is -1.86. The Morgan fingerprint density at radius 2 is 1.33 bits per heavy atom. The van der Waals surface area contributed by atoms with Crippen molar-refractivity contribution >= 4 is 8.60 Å². The molecule has 0 aliphatic carbocycles. The smallest absolute Gasteiger partial charge is 0.333 e. The molecular weight excluding hydrogens is 727 g/mol. The average molecular weight is 781 g/mol. The third-order valence-electron chi connectivity index (χ3n) is 9.49. The molecule has 2 heterocycles. The molecule has 1 aliphatic rings. The van der Waals surface area contributed by atoms with Crippen LogP contribution in [0.1, 0.15) is 73.4 Å². The molecule has 55 heavy (non-hydrogen) atoms. The summed E-state index contributed by atoms with van der Waals surface area (Å²) in [6.45, 7) is 2.59. The molecule has 1 aliphatic heterocycles. The second-order valence-electron chi connectivity index (χ2n) is 13.3. The first-order valence-corrected chi connectivity index (χ1v) is 19.8. The molecule has 0 bridgehead atoms. The Hall–Kier alpha value is -3.91. The molecule has 0 spiro atoms. The van der Waals surface area contributed by atoms with Gasteiger partial charge in [-0.25, -0.2) is 4.79 Å². The monoisotopic (exact) mass is 780 g/mol. The SMILES string of the molecule is COc1ccc(C(OC[C@H]2O[C@@H](n3cc(C)c(=O)[nH]c3=O)C[C@@H]2OP(OCCCCCO)OCCCCCO)(c2ccccc2)c2ccc(OC)cc2)cc1. The number of hydrogen-bond donors (Lipinski definition) is 3. The zero-order valence-corrected chi connectivity index (χ0v) is 32.7. The van der Waals surface area contributed by atoms with Gasteiger partial charge in [-0.05, 0) is 86.4 Å². The van der Waals surface area contributed by atoms with Crippen molar-refractivity contribution in [1.82, 2.24) is 9.55 Å². The lowest BCUT2D eigenvalue weighted by molar-refractivity contribution is -0.0931. The number of aliphatic hydroxyl groups is 2. The normalized spacial score (nSPS) is 17.2. The van der Waals surface area contributed by atoms with E-state index in [0.29, 0.717) is 56.0 Å². The van der Waals surface area contributed by atoms with Gasteiger partial charge in [0, 0.05) is 31.4 Å². The van der Waals surface area contributed by atoms with Crippen molar-refractivity contribution in [3.8, 4) is 11.5 Å². The maximum absolute atomic E-state index is 13.1. The van der Waals surface area contributed by atoms with Gasteiger partial charge >= 0.3 is 14.3 Å². The van der Waals surface area contributed by atoms with E-state index in [4.69, 9.17) is 32.5 Å². The molecule has 298 valence electrons. The summed E-state index contributed by atoms with van der Waals surface area (Å²) in [5.74, 6) is 1.39. The minimum absolute atomic E-state index is 0.0153. The highest BCUT2D eigenvalue weighted by Gasteiger charge is 2.44. The van der Waals surface area contributed by atoms with Crippen LogP contribution in [0, 0.1) is 6.92 Å².